The summed E-state index contributed by atoms with van der Waals surface area (Å²) in [6.45, 7) is 2.76. The minimum Gasteiger partial charge on any atom is -0.479 e. The van der Waals surface area contributed by atoms with Crippen molar-refractivity contribution < 1.29 is 14.3 Å². The number of aliphatic imine (C=N–C) groups is 1. The van der Waals surface area contributed by atoms with Crippen molar-refractivity contribution in [2.45, 2.75) is 19.3 Å². The molecule has 4 heteroatoms. The third-order valence-corrected chi connectivity index (χ3v) is 2.65. The van der Waals surface area contributed by atoms with Crippen LogP contribution >= 0.6 is 0 Å². The van der Waals surface area contributed by atoms with Crippen molar-refractivity contribution in [3.05, 3.63) is 0 Å². The Morgan fingerprint density at radius 3 is 2.79 bits per heavy atom. The van der Waals surface area contributed by atoms with Gasteiger partial charge in [-0.1, -0.05) is 0 Å². The molecule has 0 aromatic rings. The molecule has 2 heterocycles. The van der Waals surface area contributed by atoms with Crippen LogP contribution in [0.2, 0.25) is 0 Å². The molecule has 2 aliphatic rings. The number of ketones is 1. The maximum Gasteiger partial charge on any atom is 0.190 e. The standard InChI is InChI=1S/C10H15NO3/c12-9(7-10-11-3-6-14-10)8-1-4-13-5-2-8/h8H,1-7H2. The molecule has 0 atom stereocenters. The number of carbonyl (C=O) groups is 1. The van der Waals surface area contributed by atoms with Crippen LogP contribution in [0, 0.1) is 5.92 Å². The van der Waals surface area contributed by atoms with Gasteiger partial charge in [-0.15, -0.1) is 0 Å². The largest absolute Gasteiger partial charge is 0.479 e. The first-order valence-corrected chi connectivity index (χ1v) is 5.13. The molecule has 0 unspecified atom stereocenters. The molecular weight excluding hydrogens is 182 g/mol. The second-order valence-corrected chi connectivity index (χ2v) is 3.65. The zero-order chi connectivity index (χ0) is 9.80. The van der Waals surface area contributed by atoms with Gasteiger partial charge in [0, 0.05) is 19.1 Å². The molecule has 0 radical (unpaired) electrons. The van der Waals surface area contributed by atoms with Crippen LogP contribution in [-0.2, 0) is 14.3 Å². The Morgan fingerprint density at radius 1 is 1.36 bits per heavy atom. The smallest absolute Gasteiger partial charge is 0.190 e. The predicted molar refractivity (Wildman–Crippen MR) is 51.4 cm³/mol. The number of hydrogen-bond donors (Lipinski definition) is 0. The molecule has 14 heavy (non-hydrogen) atoms. The molecule has 0 aromatic heterocycles. The summed E-state index contributed by atoms with van der Waals surface area (Å²) in [5, 5.41) is 0. The molecule has 0 aliphatic carbocycles. The van der Waals surface area contributed by atoms with E-state index < -0.39 is 0 Å². The first-order valence-electron chi connectivity index (χ1n) is 5.13. The van der Waals surface area contributed by atoms with Gasteiger partial charge in [0.1, 0.15) is 12.4 Å². The Kier molecular flexibility index (Phi) is 3.14. The van der Waals surface area contributed by atoms with E-state index in [1.54, 1.807) is 0 Å². The molecule has 78 valence electrons. The number of ether oxygens (including phenoxy) is 2. The third kappa shape index (κ3) is 2.32. The van der Waals surface area contributed by atoms with E-state index in [0.29, 0.717) is 38.7 Å². The van der Waals surface area contributed by atoms with Gasteiger partial charge in [0.15, 0.2) is 5.90 Å². The van der Waals surface area contributed by atoms with E-state index in [0.717, 1.165) is 12.8 Å². The highest BCUT2D eigenvalue weighted by molar-refractivity contribution is 5.99. The minimum atomic E-state index is 0.163. The van der Waals surface area contributed by atoms with Gasteiger partial charge in [-0.3, -0.25) is 9.79 Å². The Hall–Kier alpha value is -0.900. The SMILES string of the molecule is O=C(CC1=NCCO1)C1CCOCC1. The summed E-state index contributed by atoms with van der Waals surface area (Å²) in [5.74, 6) is 1.05. The lowest BCUT2D eigenvalue weighted by molar-refractivity contribution is -0.124. The molecule has 4 nitrogen and oxygen atoms in total. The number of hydrogen-bond acceptors (Lipinski definition) is 4. The van der Waals surface area contributed by atoms with Crippen LogP contribution in [0.1, 0.15) is 19.3 Å². The van der Waals surface area contributed by atoms with Crippen molar-refractivity contribution in [2.75, 3.05) is 26.4 Å². The lowest BCUT2D eigenvalue weighted by Crippen LogP contribution is -2.25. The highest BCUT2D eigenvalue weighted by Gasteiger charge is 2.23. The number of carbonyl (C=O) groups excluding carboxylic acids is 1. The fourth-order valence-electron chi connectivity index (χ4n) is 1.80. The van der Waals surface area contributed by atoms with Gasteiger partial charge in [-0.2, -0.15) is 0 Å². The molecule has 0 aromatic carbocycles. The van der Waals surface area contributed by atoms with Gasteiger partial charge in [0.25, 0.3) is 0 Å². The number of nitrogens with zero attached hydrogens (tertiary/aromatic N) is 1. The lowest BCUT2D eigenvalue weighted by Gasteiger charge is -2.20. The Balaban J connectivity index is 1.81. The van der Waals surface area contributed by atoms with Gasteiger partial charge < -0.3 is 9.47 Å². The molecule has 0 spiro atoms. The van der Waals surface area contributed by atoms with E-state index in [1.807, 2.05) is 0 Å². The maximum absolute atomic E-state index is 11.7. The van der Waals surface area contributed by atoms with Crippen LogP contribution in [0.4, 0.5) is 0 Å². The van der Waals surface area contributed by atoms with E-state index in [4.69, 9.17) is 9.47 Å². The summed E-state index contributed by atoms with van der Waals surface area (Å²) >= 11 is 0. The molecule has 0 bridgehead atoms. The van der Waals surface area contributed by atoms with Crippen LogP contribution in [0.3, 0.4) is 0 Å². The van der Waals surface area contributed by atoms with E-state index in [1.165, 1.54) is 0 Å². The van der Waals surface area contributed by atoms with E-state index in [9.17, 15) is 4.79 Å². The Morgan fingerprint density at radius 2 is 2.14 bits per heavy atom. The summed E-state index contributed by atoms with van der Waals surface area (Å²) in [6.07, 6.45) is 2.09. The highest BCUT2D eigenvalue weighted by Crippen LogP contribution is 2.18. The zero-order valence-corrected chi connectivity index (χ0v) is 8.20. The van der Waals surface area contributed by atoms with Crippen LogP contribution in [-0.4, -0.2) is 38.0 Å². The predicted octanol–water partition coefficient (Wildman–Crippen LogP) is 0.801. The number of rotatable bonds is 3. The van der Waals surface area contributed by atoms with Crippen LogP contribution in [0.5, 0.6) is 0 Å². The average molecular weight is 197 g/mol. The first kappa shape index (κ1) is 9.65. The summed E-state index contributed by atoms with van der Waals surface area (Å²) in [7, 11) is 0. The third-order valence-electron chi connectivity index (χ3n) is 2.65. The molecule has 0 N–H and O–H groups in total. The fraction of sp³-hybridized carbons (Fsp3) is 0.800. The normalized spacial score (nSPS) is 23.0. The van der Waals surface area contributed by atoms with Crippen molar-refractivity contribution in [1.82, 2.24) is 0 Å². The van der Waals surface area contributed by atoms with E-state index in [2.05, 4.69) is 4.99 Å². The van der Waals surface area contributed by atoms with Crippen LogP contribution in [0.15, 0.2) is 4.99 Å². The number of Topliss-reactive ketones (excluding diaryl/α,β-unsaturated/α-hetero) is 1. The van der Waals surface area contributed by atoms with Crippen LogP contribution in [0.25, 0.3) is 0 Å². The monoisotopic (exact) mass is 197 g/mol. The second kappa shape index (κ2) is 4.55. The summed E-state index contributed by atoms with van der Waals surface area (Å²) in [4.78, 5) is 15.9. The van der Waals surface area contributed by atoms with Crippen molar-refractivity contribution in [1.29, 1.82) is 0 Å². The minimum absolute atomic E-state index is 0.163. The van der Waals surface area contributed by atoms with Gasteiger partial charge >= 0.3 is 0 Å². The molecule has 2 rings (SSSR count). The molecule has 0 amide bonds. The van der Waals surface area contributed by atoms with Crippen molar-refractivity contribution >= 4 is 11.7 Å². The molecule has 0 saturated carbocycles. The topological polar surface area (TPSA) is 47.9 Å². The molecular formula is C10H15NO3. The molecule has 1 saturated heterocycles. The van der Waals surface area contributed by atoms with Crippen molar-refractivity contribution in [3.8, 4) is 0 Å². The Labute approximate surface area is 83.3 Å². The van der Waals surface area contributed by atoms with Gasteiger partial charge in [-0.25, -0.2) is 0 Å². The average Bonchev–Trinajstić information content (AvgIpc) is 2.72. The summed E-state index contributed by atoms with van der Waals surface area (Å²) < 4.78 is 10.4. The zero-order valence-electron chi connectivity index (χ0n) is 8.20. The first-order chi connectivity index (χ1) is 6.86. The van der Waals surface area contributed by atoms with E-state index in [-0.39, 0.29) is 11.7 Å². The Bertz CT molecular complexity index is 244. The molecule has 1 fully saturated rings. The summed E-state index contributed by atoms with van der Waals surface area (Å²) in [6, 6.07) is 0. The van der Waals surface area contributed by atoms with Crippen LogP contribution < -0.4 is 0 Å². The van der Waals surface area contributed by atoms with Gasteiger partial charge in [0.05, 0.1) is 13.0 Å². The van der Waals surface area contributed by atoms with Crippen molar-refractivity contribution in [3.63, 3.8) is 0 Å². The molecule has 2 aliphatic heterocycles. The highest BCUT2D eigenvalue weighted by atomic mass is 16.5. The van der Waals surface area contributed by atoms with Gasteiger partial charge in [0.2, 0.25) is 0 Å². The second-order valence-electron chi connectivity index (χ2n) is 3.65. The van der Waals surface area contributed by atoms with Crippen molar-refractivity contribution in [2.24, 2.45) is 10.9 Å². The maximum atomic E-state index is 11.7. The lowest BCUT2D eigenvalue weighted by atomic mass is 9.93. The van der Waals surface area contributed by atoms with Gasteiger partial charge in [-0.05, 0) is 12.8 Å². The quantitative estimate of drug-likeness (QED) is 0.672. The van der Waals surface area contributed by atoms with E-state index >= 15 is 0 Å². The summed E-state index contributed by atoms with van der Waals surface area (Å²) in [5.41, 5.74) is 0. The fourth-order valence-corrected chi connectivity index (χ4v) is 1.80.